The summed E-state index contributed by atoms with van der Waals surface area (Å²) in [6.45, 7) is 4.01. The second kappa shape index (κ2) is 5.98. The van der Waals surface area contributed by atoms with Crippen molar-refractivity contribution in [1.82, 2.24) is 5.32 Å². The molecule has 1 N–H and O–H groups in total. The highest BCUT2D eigenvalue weighted by atomic mass is 127. The molecule has 1 aliphatic heterocycles. The Morgan fingerprint density at radius 1 is 1.38 bits per heavy atom. The Labute approximate surface area is 111 Å². The van der Waals surface area contributed by atoms with Crippen molar-refractivity contribution in [2.75, 3.05) is 6.61 Å². The van der Waals surface area contributed by atoms with Crippen molar-refractivity contribution in [2.45, 2.75) is 38.5 Å². The summed E-state index contributed by atoms with van der Waals surface area (Å²) in [4.78, 5) is 0. The Bertz CT molecular complexity index is 325. The first-order chi connectivity index (χ1) is 7.74. The van der Waals surface area contributed by atoms with Crippen molar-refractivity contribution in [1.29, 1.82) is 0 Å². The van der Waals surface area contributed by atoms with Crippen LogP contribution in [0.15, 0.2) is 24.3 Å². The van der Waals surface area contributed by atoms with Crippen LogP contribution in [0, 0.1) is 3.57 Å². The van der Waals surface area contributed by atoms with Gasteiger partial charge in [0, 0.05) is 22.8 Å². The maximum Gasteiger partial charge on any atom is 0.0561 e. The zero-order chi connectivity index (χ0) is 11.4. The van der Waals surface area contributed by atoms with Crippen LogP contribution in [-0.2, 0) is 11.3 Å². The number of hydrogen-bond acceptors (Lipinski definition) is 2. The van der Waals surface area contributed by atoms with Gasteiger partial charge >= 0.3 is 0 Å². The zero-order valence-corrected chi connectivity index (χ0v) is 11.7. The molecule has 1 aromatic carbocycles. The van der Waals surface area contributed by atoms with Crippen molar-refractivity contribution in [2.24, 2.45) is 0 Å². The van der Waals surface area contributed by atoms with E-state index in [1.165, 1.54) is 9.13 Å². The largest absolute Gasteiger partial charge is 0.378 e. The third-order valence-electron chi connectivity index (χ3n) is 2.99. The molecule has 3 heteroatoms. The van der Waals surface area contributed by atoms with Gasteiger partial charge in [-0.15, -0.1) is 0 Å². The van der Waals surface area contributed by atoms with Crippen LogP contribution in [0.3, 0.4) is 0 Å². The van der Waals surface area contributed by atoms with Gasteiger partial charge in [0.1, 0.15) is 0 Å². The van der Waals surface area contributed by atoms with E-state index in [1.807, 2.05) is 0 Å². The minimum absolute atomic E-state index is 0.406. The third-order valence-corrected chi connectivity index (χ3v) is 3.71. The molecule has 1 saturated heterocycles. The molecule has 2 nitrogen and oxygen atoms in total. The fourth-order valence-corrected chi connectivity index (χ4v) is 2.41. The molecule has 2 rings (SSSR count). The van der Waals surface area contributed by atoms with E-state index in [-0.39, 0.29) is 0 Å². The molecule has 0 spiro atoms. The minimum Gasteiger partial charge on any atom is -0.378 e. The van der Waals surface area contributed by atoms with Crippen molar-refractivity contribution in [3.63, 3.8) is 0 Å². The van der Waals surface area contributed by atoms with Gasteiger partial charge in [0.2, 0.25) is 0 Å². The van der Waals surface area contributed by atoms with Gasteiger partial charge in [0.05, 0.1) is 6.10 Å². The first-order valence-electron chi connectivity index (χ1n) is 5.83. The topological polar surface area (TPSA) is 21.3 Å². The summed E-state index contributed by atoms with van der Waals surface area (Å²) in [7, 11) is 0. The van der Waals surface area contributed by atoms with E-state index < -0.39 is 0 Å². The summed E-state index contributed by atoms with van der Waals surface area (Å²) in [6.07, 6.45) is 2.67. The molecular weight excluding hydrogens is 313 g/mol. The quantitative estimate of drug-likeness (QED) is 0.860. The zero-order valence-electron chi connectivity index (χ0n) is 9.58. The first kappa shape index (κ1) is 12.3. The average Bonchev–Trinajstić information content (AvgIpc) is 2.28. The number of halogens is 1. The van der Waals surface area contributed by atoms with Crippen LogP contribution in [0.5, 0.6) is 0 Å². The maximum absolute atomic E-state index is 5.53. The lowest BCUT2D eigenvalue weighted by Crippen LogP contribution is -2.37. The van der Waals surface area contributed by atoms with E-state index in [0.29, 0.717) is 12.1 Å². The van der Waals surface area contributed by atoms with Crippen molar-refractivity contribution in [3.05, 3.63) is 33.4 Å². The van der Waals surface area contributed by atoms with Crippen molar-refractivity contribution >= 4 is 22.6 Å². The van der Waals surface area contributed by atoms with E-state index in [0.717, 1.165) is 26.0 Å². The molecule has 0 bridgehead atoms. The van der Waals surface area contributed by atoms with E-state index in [4.69, 9.17) is 4.74 Å². The summed E-state index contributed by atoms with van der Waals surface area (Å²) >= 11 is 2.33. The number of benzene rings is 1. The van der Waals surface area contributed by atoms with Crippen LogP contribution >= 0.6 is 22.6 Å². The number of hydrogen-bond donors (Lipinski definition) is 1. The van der Waals surface area contributed by atoms with E-state index in [9.17, 15) is 0 Å². The van der Waals surface area contributed by atoms with Crippen LogP contribution in [-0.4, -0.2) is 18.8 Å². The fraction of sp³-hybridized carbons (Fsp3) is 0.538. The molecule has 1 aromatic rings. The van der Waals surface area contributed by atoms with Gasteiger partial charge < -0.3 is 10.1 Å². The molecule has 0 saturated carbocycles. The summed E-state index contributed by atoms with van der Waals surface area (Å²) < 4.78 is 6.83. The lowest BCUT2D eigenvalue weighted by Gasteiger charge is -2.28. The predicted molar refractivity (Wildman–Crippen MR) is 74.4 cm³/mol. The van der Waals surface area contributed by atoms with Gasteiger partial charge in [-0.3, -0.25) is 0 Å². The van der Waals surface area contributed by atoms with Gasteiger partial charge in [0.15, 0.2) is 0 Å². The second-order valence-corrected chi connectivity index (χ2v) is 5.66. The number of rotatable bonds is 3. The molecule has 2 unspecified atom stereocenters. The smallest absolute Gasteiger partial charge is 0.0561 e. The normalized spacial score (nSPS) is 25.6. The standard InChI is InChI=1S/C13H18INO/c1-10-8-13(6-7-16-10)15-9-11-2-4-12(14)5-3-11/h2-5,10,13,15H,6-9H2,1H3. The van der Waals surface area contributed by atoms with Crippen LogP contribution in [0.25, 0.3) is 0 Å². The van der Waals surface area contributed by atoms with Gasteiger partial charge in [-0.25, -0.2) is 0 Å². The van der Waals surface area contributed by atoms with Crippen LogP contribution < -0.4 is 5.32 Å². The second-order valence-electron chi connectivity index (χ2n) is 4.41. The monoisotopic (exact) mass is 331 g/mol. The Hall–Kier alpha value is -0.130. The molecule has 0 aromatic heterocycles. The van der Waals surface area contributed by atoms with Gasteiger partial charge in [-0.05, 0) is 60.1 Å². The summed E-state index contributed by atoms with van der Waals surface area (Å²) in [5.41, 5.74) is 1.36. The lowest BCUT2D eigenvalue weighted by molar-refractivity contribution is 0.0130. The average molecular weight is 331 g/mol. The molecule has 88 valence electrons. The van der Waals surface area contributed by atoms with E-state index in [1.54, 1.807) is 0 Å². The fourth-order valence-electron chi connectivity index (χ4n) is 2.05. The highest BCUT2D eigenvalue weighted by molar-refractivity contribution is 14.1. The molecule has 1 fully saturated rings. The first-order valence-corrected chi connectivity index (χ1v) is 6.91. The van der Waals surface area contributed by atoms with Crippen molar-refractivity contribution < 1.29 is 4.74 Å². The Balaban J connectivity index is 1.80. The van der Waals surface area contributed by atoms with Crippen LogP contribution in [0.1, 0.15) is 25.3 Å². The molecule has 0 aliphatic carbocycles. The molecule has 2 atom stereocenters. The predicted octanol–water partition coefficient (Wildman–Crippen LogP) is 2.95. The summed E-state index contributed by atoms with van der Waals surface area (Å²) in [5, 5.41) is 3.61. The van der Waals surface area contributed by atoms with Crippen LogP contribution in [0.2, 0.25) is 0 Å². The Morgan fingerprint density at radius 2 is 2.12 bits per heavy atom. The minimum atomic E-state index is 0.406. The number of ether oxygens (including phenoxy) is 1. The Morgan fingerprint density at radius 3 is 2.81 bits per heavy atom. The van der Waals surface area contributed by atoms with E-state index in [2.05, 4.69) is 59.1 Å². The molecule has 1 aliphatic rings. The summed E-state index contributed by atoms with van der Waals surface area (Å²) in [5.74, 6) is 0. The van der Waals surface area contributed by atoms with Gasteiger partial charge in [-0.2, -0.15) is 0 Å². The molecule has 0 amide bonds. The SMILES string of the molecule is CC1CC(NCc2ccc(I)cc2)CCO1. The molecule has 1 heterocycles. The molecular formula is C13H18INO. The maximum atomic E-state index is 5.53. The third kappa shape index (κ3) is 3.71. The molecule has 16 heavy (non-hydrogen) atoms. The Kier molecular flexibility index (Phi) is 4.61. The lowest BCUT2D eigenvalue weighted by atomic mass is 10.0. The van der Waals surface area contributed by atoms with Crippen molar-refractivity contribution in [3.8, 4) is 0 Å². The van der Waals surface area contributed by atoms with Crippen LogP contribution in [0.4, 0.5) is 0 Å². The van der Waals surface area contributed by atoms with E-state index >= 15 is 0 Å². The number of nitrogens with one attached hydrogen (secondary N) is 1. The highest BCUT2D eigenvalue weighted by Gasteiger charge is 2.18. The highest BCUT2D eigenvalue weighted by Crippen LogP contribution is 2.14. The summed E-state index contributed by atoms with van der Waals surface area (Å²) in [6, 6.07) is 9.31. The molecule has 0 radical (unpaired) electrons. The van der Waals surface area contributed by atoms with Gasteiger partial charge in [-0.1, -0.05) is 12.1 Å². The van der Waals surface area contributed by atoms with Gasteiger partial charge in [0.25, 0.3) is 0 Å².